The number of carbonyl (C=O) groups is 2. The Morgan fingerprint density at radius 2 is 1.25 bits per heavy atom. The van der Waals surface area contributed by atoms with E-state index in [9.17, 15) is 9.59 Å². The third-order valence-corrected chi connectivity index (χ3v) is 3.76. The van der Waals surface area contributed by atoms with Crippen molar-refractivity contribution in [1.29, 1.82) is 0 Å². The first kappa shape index (κ1) is 15.5. The van der Waals surface area contributed by atoms with Gasteiger partial charge >= 0.3 is 0 Å². The Bertz CT molecular complexity index is 795. The minimum atomic E-state index is -0.576. The van der Waals surface area contributed by atoms with Crippen LogP contribution in [0.5, 0.6) is 0 Å². The van der Waals surface area contributed by atoms with Gasteiger partial charge in [0, 0.05) is 48.8 Å². The van der Waals surface area contributed by atoms with E-state index in [4.69, 9.17) is 11.5 Å². The molecular weight excluding hydrogens is 308 g/mol. The second-order valence-corrected chi connectivity index (χ2v) is 5.27. The number of nitrogens with one attached hydrogen (secondary N) is 2. The van der Waals surface area contributed by atoms with Crippen molar-refractivity contribution < 1.29 is 9.59 Å². The summed E-state index contributed by atoms with van der Waals surface area (Å²) in [6.07, 6.45) is 7.24. The predicted octanol–water partition coefficient (Wildman–Crippen LogP) is 0.512. The highest BCUT2D eigenvalue weighted by Crippen LogP contribution is 2.24. The topological polar surface area (TPSA) is 144 Å². The van der Waals surface area contributed by atoms with Gasteiger partial charge in [-0.1, -0.05) is 0 Å². The number of H-pyrrole nitrogens is 2. The number of primary amides is 2. The normalized spacial score (nSPS) is 10.7. The molecule has 0 unspecified atom stereocenters. The fourth-order valence-corrected chi connectivity index (χ4v) is 2.68. The van der Waals surface area contributed by atoms with Gasteiger partial charge in [0.05, 0.1) is 0 Å². The van der Waals surface area contributed by atoms with Crippen LogP contribution in [0.2, 0.25) is 0 Å². The largest absolute Gasteiger partial charge is 0.366 e. The fourth-order valence-electron chi connectivity index (χ4n) is 2.68. The second-order valence-electron chi connectivity index (χ2n) is 5.27. The van der Waals surface area contributed by atoms with Crippen LogP contribution in [0.25, 0.3) is 0 Å². The molecular formula is C16H16N6O2. The number of aromatic amines is 2. The van der Waals surface area contributed by atoms with E-state index >= 15 is 0 Å². The van der Waals surface area contributed by atoms with E-state index in [1.807, 2.05) is 0 Å². The maximum absolute atomic E-state index is 11.8. The van der Waals surface area contributed by atoms with Crippen LogP contribution in [0.1, 0.15) is 43.5 Å². The number of carbonyl (C=O) groups excluding carboxylic acids is 2. The first-order chi connectivity index (χ1) is 11.6. The molecule has 2 heterocycles. The summed E-state index contributed by atoms with van der Waals surface area (Å²) in [5.41, 5.74) is 12.9. The molecule has 24 heavy (non-hydrogen) atoms. The van der Waals surface area contributed by atoms with Crippen molar-refractivity contribution in [2.24, 2.45) is 11.5 Å². The number of benzene rings is 1. The van der Waals surface area contributed by atoms with Crippen LogP contribution in [0.15, 0.2) is 36.9 Å². The Kier molecular flexibility index (Phi) is 4.11. The molecule has 8 nitrogen and oxygen atoms in total. The first-order valence-electron chi connectivity index (χ1n) is 7.27. The van der Waals surface area contributed by atoms with Crippen molar-refractivity contribution in [3.63, 3.8) is 0 Å². The van der Waals surface area contributed by atoms with Gasteiger partial charge < -0.3 is 21.4 Å². The standard InChI is InChI=1S/C16H16N6O2/c17-15(23)9-1-2-10(16(18)24)12(8-14-21-5-6-22-14)11(9)7-13-19-3-4-20-13/h1-6H,7-8H2,(H2,17,23)(H2,18,24)(H,19,20)(H,21,22). The zero-order chi connectivity index (χ0) is 17.1. The van der Waals surface area contributed by atoms with Crippen molar-refractivity contribution in [2.75, 3.05) is 0 Å². The van der Waals surface area contributed by atoms with E-state index in [0.717, 1.165) is 0 Å². The molecule has 2 amide bonds. The molecule has 0 atom stereocenters. The van der Waals surface area contributed by atoms with Gasteiger partial charge in [-0.3, -0.25) is 9.59 Å². The molecule has 8 heteroatoms. The maximum atomic E-state index is 11.8. The summed E-state index contributed by atoms with van der Waals surface area (Å²) in [5.74, 6) is 0.154. The van der Waals surface area contributed by atoms with Gasteiger partial charge in [-0.15, -0.1) is 0 Å². The van der Waals surface area contributed by atoms with Crippen LogP contribution in [-0.2, 0) is 12.8 Å². The van der Waals surface area contributed by atoms with E-state index in [2.05, 4.69) is 19.9 Å². The van der Waals surface area contributed by atoms with Gasteiger partial charge in [-0.25, -0.2) is 9.97 Å². The van der Waals surface area contributed by atoms with Crippen LogP contribution >= 0.6 is 0 Å². The molecule has 122 valence electrons. The van der Waals surface area contributed by atoms with E-state index in [0.29, 0.717) is 46.7 Å². The minimum Gasteiger partial charge on any atom is -0.366 e. The van der Waals surface area contributed by atoms with Crippen LogP contribution in [-0.4, -0.2) is 31.8 Å². The number of nitrogens with zero attached hydrogens (tertiary/aromatic N) is 2. The first-order valence-corrected chi connectivity index (χ1v) is 7.27. The van der Waals surface area contributed by atoms with Crippen molar-refractivity contribution in [2.45, 2.75) is 12.8 Å². The second kappa shape index (κ2) is 6.37. The summed E-state index contributed by atoms with van der Waals surface area (Å²) in [4.78, 5) is 38.0. The highest BCUT2D eigenvalue weighted by molar-refractivity contribution is 5.99. The molecule has 2 aromatic heterocycles. The Morgan fingerprint density at radius 3 is 1.54 bits per heavy atom. The molecule has 0 saturated heterocycles. The smallest absolute Gasteiger partial charge is 0.249 e. The van der Waals surface area contributed by atoms with Crippen molar-refractivity contribution in [3.05, 3.63) is 70.8 Å². The number of rotatable bonds is 6. The average Bonchev–Trinajstić information content (AvgIpc) is 3.21. The molecule has 3 rings (SSSR count). The summed E-state index contributed by atoms with van der Waals surface area (Å²) in [6.45, 7) is 0. The Balaban J connectivity index is 2.17. The zero-order valence-electron chi connectivity index (χ0n) is 12.7. The van der Waals surface area contributed by atoms with Gasteiger partial charge in [0.2, 0.25) is 11.8 Å². The molecule has 1 aromatic carbocycles. The lowest BCUT2D eigenvalue weighted by molar-refractivity contribution is 0.0987. The lowest BCUT2D eigenvalue weighted by atomic mass is 9.90. The lowest BCUT2D eigenvalue weighted by Crippen LogP contribution is -2.21. The van der Waals surface area contributed by atoms with Crippen LogP contribution in [0, 0.1) is 0 Å². The predicted molar refractivity (Wildman–Crippen MR) is 86.3 cm³/mol. The Labute approximate surface area is 137 Å². The molecule has 0 saturated carbocycles. The molecule has 0 bridgehead atoms. The fraction of sp³-hybridized carbons (Fsp3) is 0.125. The molecule has 0 radical (unpaired) electrons. The summed E-state index contributed by atoms with van der Waals surface area (Å²) < 4.78 is 0. The van der Waals surface area contributed by atoms with Gasteiger partial charge in [0.1, 0.15) is 11.6 Å². The SMILES string of the molecule is NC(=O)c1ccc(C(N)=O)c(Cc2ncc[nH]2)c1Cc1ncc[nH]1. The number of aromatic nitrogens is 4. The van der Waals surface area contributed by atoms with Gasteiger partial charge in [0.25, 0.3) is 0 Å². The number of imidazole rings is 2. The number of hydrogen-bond acceptors (Lipinski definition) is 4. The van der Waals surface area contributed by atoms with E-state index < -0.39 is 11.8 Å². The minimum absolute atomic E-state index is 0.322. The van der Waals surface area contributed by atoms with Gasteiger partial charge in [-0.05, 0) is 23.3 Å². The van der Waals surface area contributed by atoms with E-state index in [1.165, 1.54) is 12.1 Å². The van der Waals surface area contributed by atoms with E-state index in [-0.39, 0.29) is 0 Å². The number of nitrogens with two attached hydrogens (primary N) is 2. The van der Waals surface area contributed by atoms with E-state index in [1.54, 1.807) is 24.8 Å². The quantitative estimate of drug-likeness (QED) is 0.523. The van der Waals surface area contributed by atoms with Gasteiger partial charge in [-0.2, -0.15) is 0 Å². The Morgan fingerprint density at radius 1 is 0.833 bits per heavy atom. The summed E-state index contributed by atoms with van der Waals surface area (Å²) in [6, 6.07) is 3.04. The molecule has 6 N–H and O–H groups in total. The zero-order valence-corrected chi connectivity index (χ0v) is 12.7. The average molecular weight is 324 g/mol. The van der Waals surface area contributed by atoms with Crippen molar-refractivity contribution >= 4 is 11.8 Å². The number of hydrogen-bond donors (Lipinski definition) is 4. The third-order valence-electron chi connectivity index (χ3n) is 3.76. The van der Waals surface area contributed by atoms with Crippen LogP contribution in [0.4, 0.5) is 0 Å². The molecule has 0 aliphatic rings. The summed E-state index contributed by atoms with van der Waals surface area (Å²) >= 11 is 0. The Hall–Kier alpha value is -3.42. The number of amides is 2. The van der Waals surface area contributed by atoms with Crippen molar-refractivity contribution in [1.82, 2.24) is 19.9 Å². The van der Waals surface area contributed by atoms with Crippen molar-refractivity contribution in [3.8, 4) is 0 Å². The molecule has 3 aromatic rings. The van der Waals surface area contributed by atoms with Crippen LogP contribution in [0.3, 0.4) is 0 Å². The summed E-state index contributed by atoms with van der Waals surface area (Å²) in [7, 11) is 0. The summed E-state index contributed by atoms with van der Waals surface area (Å²) in [5, 5.41) is 0. The molecule has 0 aliphatic heterocycles. The van der Waals surface area contributed by atoms with Crippen LogP contribution < -0.4 is 11.5 Å². The molecule has 0 fully saturated rings. The maximum Gasteiger partial charge on any atom is 0.249 e. The third kappa shape index (κ3) is 3.02. The molecule has 0 spiro atoms. The molecule has 0 aliphatic carbocycles. The monoisotopic (exact) mass is 324 g/mol. The highest BCUT2D eigenvalue weighted by Gasteiger charge is 2.21. The van der Waals surface area contributed by atoms with Gasteiger partial charge in [0.15, 0.2) is 0 Å². The lowest BCUT2D eigenvalue weighted by Gasteiger charge is -2.15. The highest BCUT2D eigenvalue weighted by atomic mass is 16.1.